The van der Waals surface area contributed by atoms with Crippen LogP contribution in [0.1, 0.15) is 74.9 Å². The average Bonchev–Trinajstić information content (AvgIpc) is 3.75. The summed E-state index contributed by atoms with van der Waals surface area (Å²) in [6, 6.07) is 73.6. The van der Waals surface area contributed by atoms with Crippen molar-refractivity contribution in [3.63, 3.8) is 0 Å². The monoisotopic (exact) mass is 925 g/mol. The second-order valence-electron chi connectivity index (χ2n) is 22.7. The van der Waals surface area contributed by atoms with Gasteiger partial charge in [-0.05, 0) is 159 Å². The highest BCUT2D eigenvalue weighted by Crippen LogP contribution is 2.51. The number of aromatic nitrogens is 1. The lowest BCUT2D eigenvalue weighted by atomic mass is 9.45. The number of fused-ring (bicyclic) bond motifs is 13. The van der Waals surface area contributed by atoms with E-state index in [4.69, 9.17) is 5.73 Å². The molecule has 1 aromatic heterocycles. The van der Waals surface area contributed by atoms with Crippen molar-refractivity contribution in [2.45, 2.75) is 65.2 Å². The molecule has 4 heteroatoms. The Hall–Kier alpha value is -8.08. The predicted octanol–water partition coefficient (Wildman–Crippen LogP) is 16.2. The van der Waals surface area contributed by atoms with Crippen LogP contribution in [0.3, 0.4) is 0 Å². The molecule has 0 saturated heterocycles. The van der Waals surface area contributed by atoms with Crippen molar-refractivity contribution in [3.05, 3.63) is 228 Å². The van der Waals surface area contributed by atoms with Crippen LogP contribution in [0.4, 0.5) is 22.7 Å². The molecule has 0 amide bonds. The Morgan fingerprint density at radius 2 is 0.986 bits per heavy atom. The van der Waals surface area contributed by atoms with E-state index in [2.05, 4.69) is 245 Å². The Morgan fingerprint density at radius 3 is 1.60 bits per heavy atom. The van der Waals surface area contributed by atoms with Gasteiger partial charge in [0.1, 0.15) is 0 Å². The van der Waals surface area contributed by atoms with Gasteiger partial charge in [0, 0.05) is 50.1 Å². The van der Waals surface area contributed by atoms with Gasteiger partial charge in [0.05, 0.1) is 0 Å². The third-order valence-electron chi connectivity index (χ3n) is 16.2. The molecule has 2 N–H and O–H groups in total. The normalized spacial score (nSPS) is 13.2. The van der Waals surface area contributed by atoms with E-state index >= 15 is 0 Å². The molecule has 0 radical (unpaired) electrons. The van der Waals surface area contributed by atoms with Crippen LogP contribution in [0.5, 0.6) is 0 Å². The van der Waals surface area contributed by atoms with Crippen LogP contribution in [0.25, 0.3) is 76.0 Å². The fraction of sp³-hybridized carbons (Fsp3) is 0.147. The van der Waals surface area contributed by atoms with Crippen LogP contribution < -0.4 is 21.6 Å². The largest absolute Gasteiger partial charge is 0.399 e. The van der Waals surface area contributed by atoms with Crippen LogP contribution in [0.2, 0.25) is 0 Å². The minimum atomic E-state index is -0.164. The summed E-state index contributed by atoms with van der Waals surface area (Å²) in [6.07, 6.45) is 1.62. The van der Waals surface area contributed by atoms with Crippen molar-refractivity contribution in [2.24, 2.45) is 0 Å². The van der Waals surface area contributed by atoms with Gasteiger partial charge in [0.15, 0.2) is 0 Å². The number of hydrogen-bond acceptors (Lipinski definition) is 2. The number of rotatable bonds is 5. The van der Waals surface area contributed by atoms with Gasteiger partial charge >= 0.3 is 6.85 Å². The van der Waals surface area contributed by atoms with Crippen LogP contribution >= 0.6 is 0 Å². The van der Waals surface area contributed by atoms with Crippen molar-refractivity contribution in [1.29, 1.82) is 0 Å². The van der Waals surface area contributed by atoms with Gasteiger partial charge in [-0.1, -0.05) is 193 Å². The third-order valence-corrected chi connectivity index (χ3v) is 16.2. The molecule has 0 spiro atoms. The number of hydrogen-bond donors (Lipinski definition) is 1. The Balaban J connectivity index is 1.19. The molecule has 0 unspecified atom stereocenters. The summed E-state index contributed by atoms with van der Waals surface area (Å²) in [5.74, 6) is 0. The lowest BCUT2D eigenvalue weighted by Gasteiger charge is -2.42. The van der Waals surface area contributed by atoms with Crippen LogP contribution in [-0.4, -0.2) is 11.3 Å². The number of nitrogens with zero attached hydrogens (tertiary/aromatic N) is 2. The van der Waals surface area contributed by atoms with Crippen molar-refractivity contribution in [2.75, 3.05) is 10.6 Å². The second kappa shape index (κ2) is 15.5. The molecule has 14 rings (SSSR count). The van der Waals surface area contributed by atoms with Gasteiger partial charge in [0.25, 0.3) is 0 Å². The van der Waals surface area contributed by atoms with Gasteiger partial charge in [-0.3, -0.25) is 0 Å². The van der Waals surface area contributed by atoms with Gasteiger partial charge < -0.3 is 15.1 Å². The first-order chi connectivity index (χ1) is 34.9. The minimum Gasteiger partial charge on any atom is -0.399 e. The molecule has 0 atom stereocenters. The summed E-state index contributed by atoms with van der Waals surface area (Å²) in [5, 5.41) is 12.9. The van der Waals surface area contributed by atoms with E-state index in [1.807, 2.05) is 0 Å². The zero-order valence-corrected chi connectivity index (χ0v) is 41.9. The lowest BCUT2D eigenvalue weighted by molar-refractivity contribution is 0.569. The smallest absolute Gasteiger partial charge is 0.333 e. The van der Waals surface area contributed by atoms with Gasteiger partial charge in [0.2, 0.25) is 0 Å². The first-order valence-corrected chi connectivity index (χ1v) is 25.7. The highest BCUT2D eigenvalue weighted by atomic mass is 15.2. The van der Waals surface area contributed by atoms with Crippen molar-refractivity contribution >= 4 is 105 Å². The maximum absolute atomic E-state index is 7.32. The van der Waals surface area contributed by atoms with Crippen molar-refractivity contribution < 1.29 is 0 Å². The molecule has 3 nitrogen and oxygen atoms in total. The summed E-state index contributed by atoms with van der Waals surface area (Å²) in [5.41, 5.74) is 26.9. The molecule has 0 aliphatic carbocycles. The fourth-order valence-corrected chi connectivity index (χ4v) is 12.7. The van der Waals surface area contributed by atoms with E-state index in [-0.39, 0.29) is 17.7 Å². The molecule has 12 aromatic rings. The van der Waals surface area contributed by atoms with Crippen molar-refractivity contribution in [1.82, 2.24) is 4.48 Å². The van der Waals surface area contributed by atoms with Crippen LogP contribution in [-0.2, 0) is 23.7 Å². The van der Waals surface area contributed by atoms with Gasteiger partial charge in [-0.2, -0.15) is 0 Å². The Kier molecular flexibility index (Phi) is 9.19. The predicted molar refractivity (Wildman–Crippen MR) is 310 cm³/mol. The zero-order chi connectivity index (χ0) is 48.8. The topological polar surface area (TPSA) is 34.2 Å². The summed E-state index contributed by atoms with van der Waals surface area (Å²) in [4.78, 5) is 2.60. The third kappa shape index (κ3) is 6.37. The Morgan fingerprint density at radius 1 is 0.444 bits per heavy atom. The fourth-order valence-electron chi connectivity index (χ4n) is 12.7. The van der Waals surface area contributed by atoms with Crippen LogP contribution in [0.15, 0.2) is 194 Å². The highest BCUT2D eigenvalue weighted by Gasteiger charge is 2.44. The van der Waals surface area contributed by atoms with E-state index in [0.717, 1.165) is 29.9 Å². The first kappa shape index (κ1) is 42.8. The molecular weight excluding hydrogens is 870 g/mol. The van der Waals surface area contributed by atoms with E-state index in [1.54, 1.807) is 0 Å². The Bertz CT molecular complexity index is 4210. The summed E-state index contributed by atoms with van der Waals surface area (Å²) >= 11 is 0. The number of anilines is 4. The molecule has 0 bridgehead atoms. The molecule has 346 valence electrons. The molecule has 72 heavy (non-hydrogen) atoms. The molecular formula is C68H56BN3. The van der Waals surface area contributed by atoms with Gasteiger partial charge in [-0.25, -0.2) is 0 Å². The van der Waals surface area contributed by atoms with Crippen LogP contribution in [0, 0.1) is 0 Å². The second-order valence-corrected chi connectivity index (χ2v) is 22.7. The minimum absolute atomic E-state index is 0.0950. The highest BCUT2D eigenvalue weighted by molar-refractivity contribution is 6.90. The van der Waals surface area contributed by atoms with E-state index in [0.29, 0.717) is 0 Å². The molecule has 0 saturated carbocycles. The number of nitrogen functional groups attached to an aromatic ring is 1. The molecule has 2 aliphatic rings. The Labute approximate surface area is 422 Å². The van der Waals surface area contributed by atoms with Gasteiger partial charge in [-0.15, -0.1) is 0 Å². The SMILES string of the molecule is CC(C)(C)c1cc(N2c3cc4c(Cc5ccccc5)c5ccccc5c(Cc5ccccc5)c4cc3B3c4c(cc(N)cc42)-c2cc4ccccc4c4c5c6ccccc6ccc5n3c24)cc(C(C)(C)C)c1. The number of benzene rings is 11. The quantitative estimate of drug-likeness (QED) is 0.106. The first-order valence-electron chi connectivity index (χ1n) is 25.7. The lowest BCUT2D eigenvalue weighted by Crippen LogP contribution is -2.56. The van der Waals surface area contributed by atoms with E-state index in [1.165, 1.54) is 126 Å². The summed E-state index contributed by atoms with van der Waals surface area (Å²) in [6.45, 7) is 13.9. The summed E-state index contributed by atoms with van der Waals surface area (Å²) < 4.78 is 2.73. The molecule has 2 aliphatic heterocycles. The standard InChI is InChI=1S/C68H56BN3/c1-67(2,3)45-34-46(68(4,5)6)36-48(35-45)71-61-40-56-54(32-42-21-11-8-12-22-42)52-28-18-17-27-51(52)53(31-41-19-9-7-10-20-41)55(56)39-59(61)69-65-57(37-47(70)38-62(65)71)58-33-44-24-14-16-26-50(44)64-63-49-25-15-13-23-43(49)29-30-60(63)72(69)66(58)64/h7-30,33-40H,31-32,70H2,1-6H3. The van der Waals surface area contributed by atoms with Crippen molar-refractivity contribution in [3.8, 4) is 11.1 Å². The van der Waals surface area contributed by atoms with E-state index in [9.17, 15) is 0 Å². The maximum Gasteiger partial charge on any atom is 0.333 e. The molecule has 0 fully saturated rings. The summed E-state index contributed by atoms with van der Waals surface area (Å²) in [7, 11) is 0. The van der Waals surface area contributed by atoms with E-state index < -0.39 is 0 Å². The number of nitrogens with two attached hydrogens (primary N) is 1. The molecule has 3 heterocycles. The molecule has 11 aromatic carbocycles. The maximum atomic E-state index is 7.32. The zero-order valence-electron chi connectivity index (χ0n) is 41.9. The average molecular weight is 926 g/mol.